The van der Waals surface area contributed by atoms with Gasteiger partial charge in [-0.3, -0.25) is 14.5 Å². The van der Waals surface area contributed by atoms with Crippen LogP contribution in [0.5, 0.6) is 0 Å². The molecule has 2 aromatic heterocycles. The second kappa shape index (κ2) is 6.79. The smallest absolute Gasteiger partial charge is 0.292 e. The van der Waals surface area contributed by atoms with Gasteiger partial charge in [0.2, 0.25) is 5.76 Å². The molecule has 0 spiro atoms. The highest BCUT2D eigenvalue weighted by Crippen LogP contribution is 2.17. The van der Waals surface area contributed by atoms with E-state index in [2.05, 4.69) is 15.2 Å². The third kappa shape index (κ3) is 3.34. The number of carbonyl (C=O) groups is 1. The van der Waals surface area contributed by atoms with E-state index in [9.17, 15) is 9.59 Å². The Hall–Kier alpha value is -2.48. The number of nitrogens with zero attached hydrogens (tertiary/aromatic N) is 5. The molecule has 0 N–H and O–H groups in total. The molecule has 0 radical (unpaired) electrons. The van der Waals surface area contributed by atoms with Crippen LogP contribution in [0.1, 0.15) is 28.2 Å². The van der Waals surface area contributed by atoms with E-state index >= 15 is 0 Å². The molecule has 1 saturated heterocycles. The maximum atomic E-state index is 12.2. The zero-order valence-electron chi connectivity index (χ0n) is 14.1. The van der Waals surface area contributed by atoms with E-state index in [1.807, 2.05) is 0 Å². The van der Waals surface area contributed by atoms with Crippen LogP contribution in [0.15, 0.2) is 27.6 Å². The molecule has 4 rings (SSSR count). The number of rotatable bonds is 4. The van der Waals surface area contributed by atoms with Gasteiger partial charge in [0.15, 0.2) is 0 Å². The molecule has 0 aromatic carbocycles. The number of amides is 1. The van der Waals surface area contributed by atoms with Crippen LogP contribution in [0, 0.1) is 0 Å². The topological polar surface area (TPSA) is 84.5 Å². The maximum Gasteiger partial charge on any atom is 0.292 e. The largest absolute Gasteiger partial charge is 0.351 e. The standard InChI is InChI=1S/C17H21N5O3/c23-16-12-13-2-1-3-14(13)19-22(16)11-8-20-6-9-21(10-7-20)17(24)15-4-5-18-25-15/h4-5,12H,1-3,6-11H2. The highest BCUT2D eigenvalue weighted by molar-refractivity contribution is 5.91. The minimum Gasteiger partial charge on any atom is -0.351 e. The summed E-state index contributed by atoms with van der Waals surface area (Å²) in [6, 6.07) is 3.32. The average molecular weight is 343 g/mol. The van der Waals surface area contributed by atoms with Gasteiger partial charge in [-0.2, -0.15) is 5.10 Å². The summed E-state index contributed by atoms with van der Waals surface area (Å²) >= 11 is 0. The molecular weight excluding hydrogens is 322 g/mol. The van der Waals surface area contributed by atoms with Crippen molar-refractivity contribution in [3.63, 3.8) is 0 Å². The van der Waals surface area contributed by atoms with Gasteiger partial charge in [0, 0.05) is 44.9 Å². The number of hydrogen-bond acceptors (Lipinski definition) is 6. The Morgan fingerprint density at radius 2 is 2.00 bits per heavy atom. The van der Waals surface area contributed by atoms with Crippen LogP contribution in [0.4, 0.5) is 0 Å². The quantitative estimate of drug-likeness (QED) is 0.787. The van der Waals surface area contributed by atoms with Crippen molar-refractivity contribution in [3.05, 3.63) is 45.7 Å². The number of hydrogen-bond donors (Lipinski definition) is 0. The Labute approximate surface area is 145 Å². The third-order valence-electron chi connectivity index (χ3n) is 4.96. The Morgan fingerprint density at radius 1 is 1.16 bits per heavy atom. The van der Waals surface area contributed by atoms with Crippen molar-refractivity contribution >= 4 is 5.91 Å². The summed E-state index contributed by atoms with van der Waals surface area (Å²) in [6.07, 6.45) is 4.51. The Morgan fingerprint density at radius 3 is 2.76 bits per heavy atom. The van der Waals surface area contributed by atoms with Crippen LogP contribution >= 0.6 is 0 Å². The first-order valence-electron chi connectivity index (χ1n) is 8.73. The molecule has 0 bridgehead atoms. The minimum absolute atomic E-state index is 0.0141. The Kier molecular flexibility index (Phi) is 4.35. The van der Waals surface area contributed by atoms with E-state index in [1.165, 1.54) is 6.20 Å². The van der Waals surface area contributed by atoms with Gasteiger partial charge in [-0.25, -0.2) is 4.68 Å². The van der Waals surface area contributed by atoms with Crippen LogP contribution in [-0.4, -0.2) is 63.4 Å². The van der Waals surface area contributed by atoms with Crippen molar-refractivity contribution in [1.82, 2.24) is 24.7 Å². The molecular formula is C17H21N5O3. The lowest BCUT2D eigenvalue weighted by atomic mass is 10.2. The number of aryl methyl sites for hydroxylation is 2. The summed E-state index contributed by atoms with van der Waals surface area (Å²) in [7, 11) is 0. The van der Waals surface area contributed by atoms with E-state index in [-0.39, 0.29) is 17.2 Å². The van der Waals surface area contributed by atoms with Gasteiger partial charge >= 0.3 is 0 Å². The van der Waals surface area contributed by atoms with Crippen LogP contribution in [0.2, 0.25) is 0 Å². The van der Waals surface area contributed by atoms with Gasteiger partial charge in [0.05, 0.1) is 18.4 Å². The number of piperazine rings is 1. The van der Waals surface area contributed by atoms with Crippen LogP contribution in [0.25, 0.3) is 0 Å². The van der Waals surface area contributed by atoms with Crippen molar-refractivity contribution < 1.29 is 9.32 Å². The van der Waals surface area contributed by atoms with Gasteiger partial charge in [-0.1, -0.05) is 5.16 Å². The molecule has 2 aromatic rings. The molecule has 132 valence electrons. The van der Waals surface area contributed by atoms with E-state index < -0.39 is 0 Å². The summed E-state index contributed by atoms with van der Waals surface area (Å²) in [5.41, 5.74) is 2.17. The molecule has 8 heteroatoms. The predicted octanol–water partition coefficient (Wildman–Crippen LogP) is 0.178. The molecule has 3 heterocycles. The lowest BCUT2D eigenvalue weighted by molar-refractivity contribution is 0.0591. The van der Waals surface area contributed by atoms with Gasteiger partial charge in [0.25, 0.3) is 11.5 Å². The number of fused-ring (bicyclic) bond motifs is 1. The van der Waals surface area contributed by atoms with Crippen molar-refractivity contribution in [2.75, 3.05) is 32.7 Å². The van der Waals surface area contributed by atoms with Crippen molar-refractivity contribution in [3.8, 4) is 0 Å². The van der Waals surface area contributed by atoms with Gasteiger partial charge in [0.1, 0.15) is 0 Å². The Bertz CT molecular complexity index is 806. The van der Waals surface area contributed by atoms with E-state index in [0.717, 1.165) is 50.2 Å². The van der Waals surface area contributed by atoms with Crippen LogP contribution in [0.3, 0.4) is 0 Å². The maximum absolute atomic E-state index is 12.2. The second-order valence-electron chi connectivity index (χ2n) is 6.54. The molecule has 0 unspecified atom stereocenters. The monoisotopic (exact) mass is 343 g/mol. The molecule has 0 saturated carbocycles. The molecule has 8 nitrogen and oxygen atoms in total. The van der Waals surface area contributed by atoms with Crippen molar-refractivity contribution in [1.29, 1.82) is 0 Å². The van der Waals surface area contributed by atoms with Crippen molar-refractivity contribution in [2.24, 2.45) is 0 Å². The molecule has 0 atom stereocenters. The Balaban J connectivity index is 1.31. The second-order valence-corrected chi connectivity index (χ2v) is 6.54. The normalized spacial score (nSPS) is 17.7. The fourth-order valence-electron chi connectivity index (χ4n) is 3.49. The highest BCUT2D eigenvalue weighted by Gasteiger charge is 2.24. The highest BCUT2D eigenvalue weighted by atomic mass is 16.5. The first-order valence-corrected chi connectivity index (χ1v) is 8.73. The summed E-state index contributed by atoms with van der Waals surface area (Å²) in [4.78, 5) is 28.4. The first kappa shape index (κ1) is 16.0. The zero-order chi connectivity index (χ0) is 17.2. The first-order chi connectivity index (χ1) is 12.2. The fraction of sp³-hybridized carbons (Fsp3) is 0.529. The molecule has 2 aliphatic rings. The molecule has 1 fully saturated rings. The van der Waals surface area contributed by atoms with Gasteiger partial charge < -0.3 is 9.42 Å². The summed E-state index contributed by atoms with van der Waals surface area (Å²) in [5.74, 6) is 0.163. The zero-order valence-corrected chi connectivity index (χ0v) is 14.1. The lowest BCUT2D eigenvalue weighted by Gasteiger charge is -2.34. The minimum atomic E-state index is -0.117. The van der Waals surface area contributed by atoms with E-state index in [4.69, 9.17) is 4.52 Å². The molecule has 1 aliphatic heterocycles. The molecule has 1 amide bonds. The van der Waals surface area contributed by atoms with E-state index in [0.29, 0.717) is 19.6 Å². The summed E-state index contributed by atoms with van der Waals surface area (Å²) < 4.78 is 6.51. The summed E-state index contributed by atoms with van der Waals surface area (Å²) in [5, 5.41) is 8.08. The SMILES string of the molecule is O=C(c1ccno1)N1CCN(CCn2nc3c(cc2=O)CCC3)CC1. The van der Waals surface area contributed by atoms with Crippen molar-refractivity contribution in [2.45, 2.75) is 25.8 Å². The summed E-state index contributed by atoms with van der Waals surface area (Å²) in [6.45, 7) is 4.19. The molecule has 25 heavy (non-hydrogen) atoms. The predicted molar refractivity (Wildman–Crippen MR) is 89.4 cm³/mol. The number of carbonyl (C=O) groups excluding carboxylic acids is 1. The van der Waals surface area contributed by atoms with E-state index in [1.54, 1.807) is 21.7 Å². The molecule has 1 aliphatic carbocycles. The average Bonchev–Trinajstić information content (AvgIpc) is 3.31. The van der Waals surface area contributed by atoms with Crippen LogP contribution < -0.4 is 5.56 Å². The van der Waals surface area contributed by atoms with Gasteiger partial charge in [-0.15, -0.1) is 0 Å². The van der Waals surface area contributed by atoms with Crippen LogP contribution in [-0.2, 0) is 19.4 Å². The third-order valence-corrected chi connectivity index (χ3v) is 4.96. The number of aromatic nitrogens is 3. The fourth-order valence-corrected chi connectivity index (χ4v) is 3.49. The lowest BCUT2D eigenvalue weighted by Crippen LogP contribution is -2.49. The van der Waals surface area contributed by atoms with Gasteiger partial charge in [-0.05, 0) is 24.8 Å².